The Balaban J connectivity index is 1.58. The Labute approximate surface area is 407 Å². The van der Waals surface area contributed by atoms with Crippen LogP contribution in [0.1, 0.15) is 130 Å². The fraction of sp³-hybridized carbons (Fsp3) is 0.700. The third-order valence-corrected chi connectivity index (χ3v) is 13.5. The number of aliphatic hydroxyl groups excluding tert-OH is 4. The Morgan fingerprint density at radius 2 is 1.46 bits per heavy atom. The molecule has 3 aliphatic heterocycles. The van der Waals surface area contributed by atoms with Crippen LogP contribution < -0.4 is 32.3 Å². The summed E-state index contributed by atoms with van der Waals surface area (Å²) in [5.74, 6) is -4.27. The van der Waals surface area contributed by atoms with E-state index < -0.39 is 108 Å². The van der Waals surface area contributed by atoms with Crippen molar-refractivity contribution in [3.8, 4) is 0 Å². The predicted octanol–water partition coefficient (Wildman–Crippen LogP) is 0.801. The van der Waals surface area contributed by atoms with E-state index in [4.69, 9.17) is 5.73 Å². The van der Waals surface area contributed by atoms with E-state index in [1.807, 2.05) is 0 Å². The number of unbranched alkanes of at least 4 members (excludes halogenated alkanes) is 5. The number of aliphatic hydroxyl groups is 4. The third-order valence-electron chi connectivity index (χ3n) is 13.5. The molecular weight excluding hydrogens is 889 g/mol. The van der Waals surface area contributed by atoms with Gasteiger partial charge in [-0.2, -0.15) is 0 Å². The molecule has 4 rings (SSSR count). The normalized spacial score (nSPS) is 25.7. The van der Waals surface area contributed by atoms with E-state index in [9.17, 15) is 54.0 Å². The molecule has 0 aromatic heterocycles. The average Bonchev–Trinajstić information content (AvgIpc) is 3.97. The molecule has 2 fully saturated rings. The highest BCUT2D eigenvalue weighted by Crippen LogP contribution is 2.24. The third kappa shape index (κ3) is 17.4. The largest absolute Gasteiger partial charge is 0.391 e. The van der Waals surface area contributed by atoms with Gasteiger partial charge in [0.25, 0.3) is 11.8 Å². The fourth-order valence-electron chi connectivity index (χ4n) is 9.37. The van der Waals surface area contributed by atoms with Crippen molar-refractivity contribution in [2.75, 3.05) is 26.2 Å². The predicted molar refractivity (Wildman–Crippen MR) is 258 cm³/mol. The van der Waals surface area contributed by atoms with E-state index in [1.54, 1.807) is 30.3 Å². The minimum atomic E-state index is -1.82. The summed E-state index contributed by atoms with van der Waals surface area (Å²) in [6.45, 7) is 7.67. The van der Waals surface area contributed by atoms with E-state index in [2.05, 4.69) is 47.4 Å². The first-order valence-corrected chi connectivity index (χ1v) is 25.2. The molecule has 7 amide bonds. The van der Waals surface area contributed by atoms with Crippen LogP contribution in [0.15, 0.2) is 42.1 Å². The van der Waals surface area contributed by atoms with Crippen LogP contribution in [0.2, 0.25) is 0 Å². The molecule has 0 aliphatic carbocycles. The molecule has 1 aromatic carbocycles. The number of carbonyl (C=O) groups is 7. The molecule has 0 spiro atoms. The number of benzene rings is 1. The Morgan fingerprint density at radius 1 is 0.783 bits per heavy atom. The van der Waals surface area contributed by atoms with Crippen LogP contribution in [-0.4, -0.2) is 152 Å². The summed E-state index contributed by atoms with van der Waals surface area (Å²) in [6, 6.07) is 1.16. The van der Waals surface area contributed by atoms with Gasteiger partial charge >= 0.3 is 0 Å². The van der Waals surface area contributed by atoms with Gasteiger partial charge in [0.1, 0.15) is 35.9 Å². The van der Waals surface area contributed by atoms with Crippen LogP contribution in [0.3, 0.4) is 0 Å². The lowest BCUT2D eigenvalue weighted by atomic mass is 9.91. The van der Waals surface area contributed by atoms with Crippen molar-refractivity contribution in [2.24, 2.45) is 17.6 Å². The van der Waals surface area contributed by atoms with Gasteiger partial charge in [-0.05, 0) is 81.9 Å². The van der Waals surface area contributed by atoms with Gasteiger partial charge in [0.15, 0.2) is 0 Å². The van der Waals surface area contributed by atoms with Crippen molar-refractivity contribution in [2.45, 2.75) is 185 Å². The van der Waals surface area contributed by atoms with Crippen molar-refractivity contribution in [1.29, 1.82) is 0 Å². The van der Waals surface area contributed by atoms with Crippen LogP contribution >= 0.6 is 0 Å². The molecular formula is C50H80N8O11. The van der Waals surface area contributed by atoms with Gasteiger partial charge in [0.05, 0.1) is 31.0 Å². The average molecular weight is 969 g/mol. The highest BCUT2D eigenvalue weighted by molar-refractivity contribution is 6.03. The highest BCUT2D eigenvalue weighted by atomic mass is 16.3. The van der Waals surface area contributed by atoms with E-state index in [0.29, 0.717) is 24.3 Å². The molecule has 11 N–H and O–H groups in total. The zero-order valence-electron chi connectivity index (χ0n) is 41.1. The quantitative estimate of drug-likeness (QED) is 0.0813. The zero-order chi connectivity index (χ0) is 50.6. The Hall–Kier alpha value is -4.95. The molecule has 0 saturated carbocycles. The summed E-state index contributed by atoms with van der Waals surface area (Å²) < 4.78 is 0. The number of fused-ring (bicyclic) bond motifs is 2. The number of hydrogen-bond donors (Lipinski definition) is 10. The monoisotopic (exact) mass is 969 g/mol. The van der Waals surface area contributed by atoms with Gasteiger partial charge in [0, 0.05) is 25.9 Å². The summed E-state index contributed by atoms with van der Waals surface area (Å²) in [6.07, 6.45) is 5.00. The second-order valence-corrected chi connectivity index (χ2v) is 19.4. The number of hydrogen-bond acceptors (Lipinski definition) is 12. The van der Waals surface area contributed by atoms with Crippen molar-refractivity contribution >= 4 is 41.4 Å². The summed E-state index contributed by atoms with van der Waals surface area (Å²) >= 11 is 0. The molecule has 1 aromatic rings. The minimum Gasteiger partial charge on any atom is -0.391 e. The standard InChI is InChI=1S/C50H80N8O11/c1-5-31(2)27-32(3)17-11-8-6-7-9-14-22-41(63)53-36-20-15-25-52-46(65)37-21-16-26-57(37)50(69)44(39(61)23-24-51)56-48(67)43(40(62)28-34-18-12-10-13-19-34)55-47(66)38-29-35(60)30-58(38)49(68)42(33(4)59)54-45(36)64/h10,12-13,18-19,29,31-33,35-37,39-40,42-44,59-62H,5-9,11,14-17,20-28,30,51H2,1-4H3,(H,52,65)(H,53,63)(H,54,64)(H,55,66)(H,56,67). The van der Waals surface area contributed by atoms with E-state index in [-0.39, 0.29) is 58.2 Å². The first-order valence-electron chi connectivity index (χ1n) is 25.2. The topological polar surface area (TPSA) is 293 Å². The highest BCUT2D eigenvalue weighted by Gasteiger charge is 2.44. The van der Waals surface area contributed by atoms with Gasteiger partial charge in [-0.25, -0.2) is 0 Å². The lowest BCUT2D eigenvalue weighted by molar-refractivity contribution is -0.145. The summed E-state index contributed by atoms with van der Waals surface area (Å²) in [7, 11) is 0. The van der Waals surface area contributed by atoms with Crippen molar-refractivity contribution in [3.63, 3.8) is 0 Å². The molecule has 386 valence electrons. The number of amides is 7. The summed E-state index contributed by atoms with van der Waals surface area (Å²) in [5, 5.41) is 57.6. The molecule has 3 aliphatic rings. The fourth-order valence-corrected chi connectivity index (χ4v) is 9.37. The Bertz CT molecular complexity index is 1890. The minimum absolute atomic E-state index is 0.00338. The molecule has 0 radical (unpaired) electrons. The van der Waals surface area contributed by atoms with Crippen LogP contribution in [0.25, 0.3) is 0 Å². The van der Waals surface area contributed by atoms with E-state index in [1.165, 1.54) is 37.5 Å². The van der Waals surface area contributed by atoms with Crippen molar-refractivity contribution in [3.05, 3.63) is 47.7 Å². The van der Waals surface area contributed by atoms with E-state index >= 15 is 0 Å². The van der Waals surface area contributed by atoms with Crippen LogP contribution in [0.5, 0.6) is 0 Å². The van der Waals surface area contributed by atoms with Gasteiger partial charge in [-0.3, -0.25) is 33.6 Å². The lowest BCUT2D eigenvalue weighted by Gasteiger charge is -2.33. The first kappa shape index (κ1) is 56.6. The molecule has 19 heteroatoms. The molecule has 11 unspecified atom stereocenters. The number of nitrogens with zero attached hydrogens (tertiary/aromatic N) is 2. The summed E-state index contributed by atoms with van der Waals surface area (Å²) in [5.41, 5.74) is 5.88. The van der Waals surface area contributed by atoms with Gasteiger partial charge in [-0.1, -0.05) is 96.0 Å². The number of carbonyl (C=O) groups excluding carboxylic acids is 7. The Morgan fingerprint density at radius 3 is 2.14 bits per heavy atom. The summed E-state index contributed by atoms with van der Waals surface area (Å²) in [4.78, 5) is 100. The first-order chi connectivity index (χ1) is 32.9. The van der Waals surface area contributed by atoms with Crippen molar-refractivity contribution < 1.29 is 54.0 Å². The SMILES string of the molecule is CCC(C)CC(C)CCCCCCCCC(=O)NC1CCCNC(=O)C2CCCN2C(=O)C(C(O)CCN)NC(=O)C(C(O)Cc2ccccc2)NC(=O)C2=CC(O)CN2C(=O)C(C(C)O)NC1=O. The van der Waals surface area contributed by atoms with Crippen LogP contribution in [0.4, 0.5) is 0 Å². The second kappa shape index (κ2) is 28.6. The maximum Gasteiger partial charge on any atom is 0.268 e. The van der Waals surface area contributed by atoms with Crippen LogP contribution in [-0.2, 0) is 40.0 Å². The van der Waals surface area contributed by atoms with Gasteiger partial charge in [0.2, 0.25) is 29.5 Å². The second-order valence-electron chi connectivity index (χ2n) is 19.4. The van der Waals surface area contributed by atoms with Crippen molar-refractivity contribution in [1.82, 2.24) is 36.4 Å². The van der Waals surface area contributed by atoms with Gasteiger partial charge in [-0.15, -0.1) is 0 Å². The molecule has 2 saturated heterocycles. The molecule has 11 atom stereocenters. The van der Waals surface area contributed by atoms with Crippen LogP contribution in [0, 0.1) is 11.8 Å². The number of nitrogens with one attached hydrogen (secondary N) is 5. The Kier molecular flexibility index (Phi) is 23.5. The molecule has 19 nitrogen and oxygen atoms in total. The van der Waals surface area contributed by atoms with E-state index in [0.717, 1.165) is 42.6 Å². The molecule has 69 heavy (non-hydrogen) atoms. The molecule has 3 heterocycles. The smallest absolute Gasteiger partial charge is 0.268 e. The molecule has 0 bridgehead atoms. The zero-order valence-corrected chi connectivity index (χ0v) is 41.1. The lowest BCUT2D eigenvalue weighted by Crippen LogP contribution is -2.62. The maximum absolute atomic E-state index is 14.3. The maximum atomic E-state index is 14.3. The van der Waals surface area contributed by atoms with Gasteiger partial charge < -0.3 is 62.5 Å². The number of nitrogens with two attached hydrogens (primary N) is 1. The number of rotatable bonds is 20.